The molecule has 0 aliphatic carbocycles. The number of nitro groups is 1. The van der Waals surface area contributed by atoms with E-state index in [0.717, 1.165) is 5.56 Å². The van der Waals surface area contributed by atoms with E-state index in [-0.39, 0.29) is 17.9 Å². The number of hydroxylamine groups is 1. The Bertz CT molecular complexity index is 664. The SMILES string of the molecule is O=C(NOCc1ccccc1)C(Cl)c1ccccc1[N+](=O)[O-]. The zero-order chi connectivity index (χ0) is 15.9. The number of hydrogen-bond acceptors (Lipinski definition) is 4. The zero-order valence-electron chi connectivity index (χ0n) is 11.4. The van der Waals surface area contributed by atoms with E-state index < -0.39 is 16.2 Å². The third-order valence-corrected chi connectivity index (χ3v) is 3.32. The van der Waals surface area contributed by atoms with E-state index in [1.54, 1.807) is 6.07 Å². The van der Waals surface area contributed by atoms with Gasteiger partial charge in [-0.3, -0.25) is 19.7 Å². The fraction of sp³-hybridized carbons (Fsp3) is 0.133. The van der Waals surface area contributed by atoms with Crippen LogP contribution in [0.3, 0.4) is 0 Å². The van der Waals surface area contributed by atoms with E-state index >= 15 is 0 Å². The Balaban J connectivity index is 1.96. The van der Waals surface area contributed by atoms with Crippen LogP contribution in [0.4, 0.5) is 5.69 Å². The molecular formula is C15H13ClN2O4. The van der Waals surface area contributed by atoms with Crippen LogP contribution in [0.15, 0.2) is 54.6 Å². The smallest absolute Gasteiger partial charge is 0.271 e. The number of nitrogens with one attached hydrogen (secondary N) is 1. The summed E-state index contributed by atoms with van der Waals surface area (Å²) < 4.78 is 0. The molecule has 6 nitrogen and oxygen atoms in total. The summed E-state index contributed by atoms with van der Waals surface area (Å²) >= 11 is 5.99. The largest absolute Gasteiger partial charge is 0.274 e. The predicted molar refractivity (Wildman–Crippen MR) is 81.1 cm³/mol. The number of alkyl halides is 1. The summed E-state index contributed by atoms with van der Waals surface area (Å²) in [4.78, 5) is 27.3. The Labute approximate surface area is 131 Å². The highest BCUT2D eigenvalue weighted by Crippen LogP contribution is 2.29. The minimum Gasteiger partial charge on any atom is -0.271 e. The van der Waals surface area contributed by atoms with E-state index in [1.807, 2.05) is 30.3 Å². The molecule has 0 spiro atoms. The molecule has 0 aliphatic rings. The van der Waals surface area contributed by atoms with Crippen molar-refractivity contribution in [1.29, 1.82) is 0 Å². The van der Waals surface area contributed by atoms with Crippen molar-refractivity contribution in [3.8, 4) is 0 Å². The van der Waals surface area contributed by atoms with Gasteiger partial charge in [-0.25, -0.2) is 5.48 Å². The first kappa shape index (κ1) is 15.9. The Morgan fingerprint density at radius 3 is 2.50 bits per heavy atom. The molecule has 2 rings (SSSR count). The number of carbonyl (C=O) groups excluding carboxylic acids is 1. The lowest BCUT2D eigenvalue weighted by Crippen LogP contribution is -2.27. The second-order valence-electron chi connectivity index (χ2n) is 4.42. The van der Waals surface area contributed by atoms with E-state index in [9.17, 15) is 14.9 Å². The highest BCUT2D eigenvalue weighted by Gasteiger charge is 2.25. The lowest BCUT2D eigenvalue weighted by molar-refractivity contribution is -0.385. The first-order valence-electron chi connectivity index (χ1n) is 6.42. The number of benzene rings is 2. The van der Waals surface area contributed by atoms with Crippen LogP contribution < -0.4 is 5.48 Å². The quantitative estimate of drug-likeness (QED) is 0.503. The molecule has 0 radical (unpaired) electrons. The molecule has 7 heteroatoms. The topological polar surface area (TPSA) is 81.5 Å². The molecule has 0 saturated carbocycles. The van der Waals surface area contributed by atoms with Gasteiger partial charge in [-0.2, -0.15) is 0 Å². The van der Waals surface area contributed by atoms with Crippen LogP contribution in [0, 0.1) is 10.1 Å². The molecular weight excluding hydrogens is 308 g/mol. The van der Waals surface area contributed by atoms with Gasteiger partial charge in [0.1, 0.15) is 5.38 Å². The van der Waals surface area contributed by atoms with Crippen molar-refractivity contribution in [3.05, 3.63) is 75.8 Å². The minimum atomic E-state index is -1.21. The monoisotopic (exact) mass is 320 g/mol. The van der Waals surface area contributed by atoms with E-state index in [1.165, 1.54) is 18.2 Å². The van der Waals surface area contributed by atoms with Crippen LogP contribution in [0.2, 0.25) is 0 Å². The number of nitrogens with zero attached hydrogens (tertiary/aromatic N) is 1. The Hall–Kier alpha value is -2.44. The van der Waals surface area contributed by atoms with Crippen LogP contribution in [0.1, 0.15) is 16.5 Å². The molecule has 1 atom stereocenters. The van der Waals surface area contributed by atoms with Crippen LogP contribution in [0.5, 0.6) is 0 Å². The molecule has 0 fully saturated rings. The van der Waals surface area contributed by atoms with Gasteiger partial charge in [-0.05, 0) is 5.56 Å². The molecule has 0 saturated heterocycles. The van der Waals surface area contributed by atoms with Crippen molar-refractivity contribution >= 4 is 23.2 Å². The van der Waals surface area contributed by atoms with Crippen LogP contribution in [-0.4, -0.2) is 10.8 Å². The first-order valence-corrected chi connectivity index (χ1v) is 6.86. The lowest BCUT2D eigenvalue weighted by Gasteiger charge is -2.11. The Morgan fingerprint density at radius 1 is 1.18 bits per heavy atom. The fourth-order valence-electron chi connectivity index (χ4n) is 1.83. The third kappa shape index (κ3) is 4.03. The van der Waals surface area contributed by atoms with Gasteiger partial charge < -0.3 is 0 Å². The van der Waals surface area contributed by atoms with Crippen molar-refractivity contribution in [3.63, 3.8) is 0 Å². The summed E-state index contributed by atoms with van der Waals surface area (Å²) in [6, 6.07) is 15.1. The van der Waals surface area contributed by atoms with Crippen LogP contribution >= 0.6 is 11.6 Å². The fourth-order valence-corrected chi connectivity index (χ4v) is 2.05. The average molecular weight is 321 g/mol. The van der Waals surface area contributed by atoms with E-state index in [4.69, 9.17) is 16.4 Å². The summed E-state index contributed by atoms with van der Waals surface area (Å²) in [5.41, 5.74) is 2.99. The maximum Gasteiger partial charge on any atom is 0.274 e. The van der Waals surface area contributed by atoms with Gasteiger partial charge in [0.2, 0.25) is 0 Å². The van der Waals surface area contributed by atoms with Crippen molar-refractivity contribution in [1.82, 2.24) is 5.48 Å². The summed E-state index contributed by atoms with van der Waals surface area (Å²) in [5, 5.41) is 9.72. The highest BCUT2D eigenvalue weighted by molar-refractivity contribution is 6.31. The van der Waals surface area contributed by atoms with Gasteiger partial charge in [0.15, 0.2) is 0 Å². The first-order chi connectivity index (χ1) is 10.6. The molecule has 1 amide bonds. The molecule has 2 aromatic carbocycles. The van der Waals surface area contributed by atoms with Crippen LogP contribution in [0.25, 0.3) is 0 Å². The van der Waals surface area contributed by atoms with Gasteiger partial charge in [0.25, 0.3) is 11.6 Å². The number of halogens is 1. The number of amides is 1. The maximum absolute atomic E-state index is 11.9. The standard InChI is InChI=1S/C15H13ClN2O4/c16-14(12-8-4-5-9-13(12)18(20)21)15(19)17-22-10-11-6-2-1-3-7-11/h1-9,14H,10H2,(H,17,19). The normalized spacial score (nSPS) is 11.7. The maximum atomic E-state index is 11.9. The predicted octanol–water partition coefficient (Wildman–Crippen LogP) is 3.12. The summed E-state index contributed by atoms with van der Waals surface area (Å²) in [6.45, 7) is 0.174. The number of nitro benzene ring substituents is 1. The third-order valence-electron chi connectivity index (χ3n) is 2.89. The minimum absolute atomic E-state index is 0.120. The average Bonchev–Trinajstić information content (AvgIpc) is 2.55. The van der Waals surface area contributed by atoms with Gasteiger partial charge in [0, 0.05) is 6.07 Å². The summed E-state index contributed by atoms with van der Waals surface area (Å²) in [6.07, 6.45) is 0. The van der Waals surface area contributed by atoms with Crippen molar-refractivity contribution in [2.75, 3.05) is 0 Å². The van der Waals surface area contributed by atoms with Gasteiger partial charge in [-0.15, -0.1) is 11.6 Å². The molecule has 1 unspecified atom stereocenters. The molecule has 22 heavy (non-hydrogen) atoms. The van der Waals surface area contributed by atoms with Crippen LogP contribution in [-0.2, 0) is 16.2 Å². The zero-order valence-corrected chi connectivity index (χ0v) is 12.2. The van der Waals surface area contributed by atoms with Gasteiger partial charge in [0.05, 0.1) is 17.1 Å². The summed E-state index contributed by atoms with van der Waals surface area (Å²) in [5.74, 6) is -0.660. The highest BCUT2D eigenvalue weighted by atomic mass is 35.5. The second-order valence-corrected chi connectivity index (χ2v) is 4.86. The lowest BCUT2D eigenvalue weighted by atomic mass is 10.1. The molecule has 0 aliphatic heterocycles. The van der Waals surface area contributed by atoms with Gasteiger partial charge in [-0.1, -0.05) is 48.5 Å². The second kappa shape index (κ2) is 7.53. The Morgan fingerprint density at radius 2 is 1.82 bits per heavy atom. The molecule has 1 N–H and O–H groups in total. The van der Waals surface area contributed by atoms with Crippen molar-refractivity contribution < 1.29 is 14.6 Å². The number of carbonyl (C=O) groups is 1. The molecule has 0 aromatic heterocycles. The summed E-state index contributed by atoms with van der Waals surface area (Å²) in [7, 11) is 0. The van der Waals surface area contributed by atoms with E-state index in [0.29, 0.717) is 0 Å². The van der Waals surface area contributed by atoms with Gasteiger partial charge >= 0.3 is 0 Å². The number of para-hydroxylation sites is 1. The Kier molecular flexibility index (Phi) is 5.46. The molecule has 114 valence electrons. The molecule has 0 bridgehead atoms. The van der Waals surface area contributed by atoms with E-state index in [2.05, 4.69) is 5.48 Å². The molecule has 2 aromatic rings. The number of hydrogen-bond donors (Lipinski definition) is 1. The van der Waals surface area contributed by atoms with Crippen molar-refractivity contribution in [2.24, 2.45) is 0 Å². The van der Waals surface area contributed by atoms with Crippen molar-refractivity contribution in [2.45, 2.75) is 12.0 Å². The molecule has 0 heterocycles. The number of rotatable bonds is 6.